The second-order valence-corrected chi connectivity index (χ2v) is 6.36. The zero-order chi connectivity index (χ0) is 13.4. The number of thioether (sulfide) groups is 1. The first-order chi connectivity index (χ1) is 8.53. The van der Waals surface area contributed by atoms with Crippen LogP contribution in [0.1, 0.15) is 12.0 Å². The summed E-state index contributed by atoms with van der Waals surface area (Å²) in [5, 5.41) is 0. The number of benzene rings is 1. The minimum Gasteiger partial charge on any atom is -0.342 e. The largest absolute Gasteiger partial charge is 0.345 e. The lowest BCUT2D eigenvalue weighted by Crippen LogP contribution is -2.13. The molecule has 0 unspecified atom stereocenters. The summed E-state index contributed by atoms with van der Waals surface area (Å²) in [5.74, 6) is 0.492. The lowest BCUT2D eigenvalue weighted by Gasteiger charge is -2.02. The lowest BCUT2D eigenvalue weighted by molar-refractivity contribution is -0.133. The standard InChI is InChI=1S/C11H12O4S3/c12-11(15-18(13,14)9-16)6-7-17-8-10-4-2-1-3-5-10/h1-5,9H,6-8H2. The molecule has 0 aliphatic carbocycles. The smallest absolute Gasteiger partial charge is 0.342 e. The molecule has 0 N–H and O–H groups in total. The molecule has 0 aromatic heterocycles. The molecule has 1 aromatic carbocycles. The normalized spacial score (nSPS) is 10.9. The highest BCUT2D eigenvalue weighted by Gasteiger charge is 2.13. The second kappa shape index (κ2) is 7.50. The Hall–Kier alpha value is -0.920. The molecular weight excluding hydrogens is 292 g/mol. The van der Waals surface area contributed by atoms with Crippen molar-refractivity contribution in [1.29, 1.82) is 0 Å². The van der Waals surface area contributed by atoms with Crippen molar-refractivity contribution in [3.8, 4) is 0 Å². The van der Waals surface area contributed by atoms with Crippen molar-refractivity contribution in [3.63, 3.8) is 0 Å². The molecule has 0 amide bonds. The third kappa shape index (κ3) is 6.13. The van der Waals surface area contributed by atoms with Gasteiger partial charge < -0.3 is 4.18 Å². The number of carbonyl (C=O) groups excluding carboxylic acids is 1. The molecule has 0 saturated heterocycles. The van der Waals surface area contributed by atoms with Gasteiger partial charge in [-0.2, -0.15) is 20.2 Å². The third-order valence-corrected chi connectivity index (χ3v) is 4.28. The van der Waals surface area contributed by atoms with Crippen LogP contribution >= 0.6 is 24.0 Å². The summed E-state index contributed by atoms with van der Waals surface area (Å²) in [6.07, 6.45) is 0.0416. The van der Waals surface area contributed by atoms with E-state index in [0.717, 1.165) is 11.3 Å². The quantitative estimate of drug-likeness (QED) is 0.437. The number of carbonyl (C=O) groups is 1. The Morgan fingerprint density at radius 1 is 1.33 bits per heavy atom. The summed E-state index contributed by atoms with van der Waals surface area (Å²) in [5.41, 5.74) is 1.15. The molecule has 0 aliphatic rings. The molecule has 0 heterocycles. The summed E-state index contributed by atoms with van der Waals surface area (Å²) < 4.78 is 26.4. The monoisotopic (exact) mass is 304 g/mol. The van der Waals surface area contributed by atoms with Gasteiger partial charge in [-0.15, -0.1) is 0 Å². The van der Waals surface area contributed by atoms with Crippen LogP contribution in [0.25, 0.3) is 0 Å². The molecule has 0 fully saturated rings. The van der Waals surface area contributed by atoms with Crippen molar-refractivity contribution in [1.82, 2.24) is 0 Å². The van der Waals surface area contributed by atoms with E-state index >= 15 is 0 Å². The van der Waals surface area contributed by atoms with Gasteiger partial charge in [0.05, 0.1) is 6.42 Å². The van der Waals surface area contributed by atoms with Crippen molar-refractivity contribution in [2.24, 2.45) is 0 Å². The van der Waals surface area contributed by atoms with Gasteiger partial charge in [-0.3, -0.25) is 4.79 Å². The van der Waals surface area contributed by atoms with Crippen LogP contribution in [0.5, 0.6) is 0 Å². The molecule has 98 valence electrons. The molecule has 18 heavy (non-hydrogen) atoms. The maximum absolute atomic E-state index is 11.1. The molecule has 7 heteroatoms. The molecule has 1 aromatic rings. The zero-order valence-electron chi connectivity index (χ0n) is 9.44. The van der Waals surface area contributed by atoms with Crippen molar-refractivity contribution in [3.05, 3.63) is 35.9 Å². The van der Waals surface area contributed by atoms with Gasteiger partial charge in [-0.1, -0.05) is 42.5 Å². The van der Waals surface area contributed by atoms with Gasteiger partial charge >= 0.3 is 16.1 Å². The van der Waals surface area contributed by atoms with Gasteiger partial charge in [0, 0.05) is 11.5 Å². The molecule has 4 nitrogen and oxygen atoms in total. The molecule has 0 spiro atoms. The number of thiocarbonyl (C=S) groups is 1. The predicted molar refractivity (Wildman–Crippen MR) is 75.9 cm³/mol. The van der Waals surface area contributed by atoms with Crippen molar-refractivity contribution in [2.75, 3.05) is 5.75 Å². The SMILES string of the molecule is O=C(CCSCc1ccccc1)OS(=O)(=O)C=S. The zero-order valence-corrected chi connectivity index (χ0v) is 11.9. The Morgan fingerprint density at radius 2 is 2.00 bits per heavy atom. The summed E-state index contributed by atoms with van der Waals surface area (Å²) in [6, 6.07) is 9.79. The maximum Gasteiger partial charge on any atom is 0.345 e. The van der Waals surface area contributed by atoms with Crippen LogP contribution in [-0.4, -0.2) is 24.8 Å². The van der Waals surface area contributed by atoms with Crippen LogP contribution in [0.15, 0.2) is 30.3 Å². The second-order valence-electron chi connectivity index (χ2n) is 3.33. The van der Waals surface area contributed by atoms with E-state index in [1.165, 1.54) is 11.8 Å². The van der Waals surface area contributed by atoms with Gasteiger partial charge in [0.1, 0.15) is 4.70 Å². The highest BCUT2D eigenvalue weighted by Crippen LogP contribution is 2.13. The minimum absolute atomic E-state index is 0.0416. The van der Waals surface area contributed by atoms with Crippen LogP contribution in [0.2, 0.25) is 0 Å². The van der Waals surface area contributed by atoms with Gasteiger partial charge in [-0.25, -0.2) is 0 Å². The Balaban J connectivity index is 2.23. The number of hydrogen-bond acceptors (Lipinski definition) is 6. The van der Waals surface area contributed by atoms with Gasteiger partial charge in [-0.05, 0) is 5.56 Å². The van der Waals surface area contributed by atoms with E-state index in [1.807, 2.05) is 30.3 Å². The molecule has 1 rings (SSSR count). The van der Waals surface area contributed by atoms with E-state index < -0.39 is 16.1 Å². The molecule has 0 radical (unpaired) electrons. The Kier molecular flexibility index (Phi) is 6.31. The summed E-state index contributed by atoms with van der Waals surface area (Å²) >= 11 is 5.75. The van der Waals surface area contributed by atoms with Crippen molar-refractivity contribution < 1.29 is 17.4 Å². The molecule has 0 saturated carbocycles. The summed E-state index contributed by atoms with van der Waals surface area (Å²) in [4.78, 5) is 11.1. The third-order valence-electron chi connectivity index (χ3n) is 1.89. The average molecular weight is 304 g/mol. The van der Waals surface area contributed by atoms with E-state index in [-0.39, 0.29) is 6.42 Å². The fourth-order valence-electron chi connectivity index (χ4n) is 1.11. The topological polar surface area (TPSA) is 60.4 Å². The van der Waals surface area contributed by atoms with Crippen molar-refractivity contribution in [2.45, 2.75) is 12.2 Å². The number of rotatable bonds is 7. The van der Waals surface area contributed by atoms with Crippen LogP contribution < -0.4 is 0 Å². The fourth-order valence-corrected chi connectivity index (χ4v) is 2.49. The predicted octanol–water partition coefficient (Wildman–Crippen LogP) is 2.14. The molecule has 0 atom stereocenters. The van der Waals surface area contributed by atoms with Gasteiger partial charge in [0.25, 0.3) is 0 Å². The van der Waals surface area contributed by atoms with Crippen LogP contribution in [0.4, 0.5) is 0 Å². The van der Waals surface area contributed by atoms with Crippen LogP contribution in [0, 0.1) is 0 Å². The van der Waals surface area contributed by atoms with Crippen LogP contribution in [0.3, 0.4) is 0 Å². The highest BCUT2D eigenvalue weighted by molar-refractivity contribution is 8.12. The van der Waals surface area contributed by atoms with E-state index in [4.69, 9.17) is 0 Å². The molecule has 0 bridgehead atoms. The first-order valence-electron chi connectivity index (χ1n) is 5.07. The average Bonchev–Trinajstić information content (AvgIpc) is 2.35. The van der Waals surface area contributed by atoms with Crippen molar-refractivity contribution >= 4 is 44.8 Å². The van der Waals surface area contributed by atoms with Gasteiger partial charge in [0.2, 0.25) is 0 Å². The molecular formula is C11H12O4S3. The van der Waals surface area contributed by atoms with E-state index in [9.17, 15) is 13.2 Å². The van der Waals surface area contributed by atoms with E-state index in [1.54, 1.807) is 0 Å². The number of hydrogen-bond donors (Lipinski definition) is 0. The Bertz CT molecular complexity index is 496. The van der Waals surface area contributed by atoms with Crippen LogP contribution in [-0.2, 0) is 24.8 Å². The van der Waals surface area contributed by atoms with E-state index in [0.29, 0.717) is 10.5 Å². The summed E-state index contributed by atoms with van der Waals surface area (Å²) in [6.45, 7) is 0. The van der Waals surface area contributed by atoms with E-state index in [2.05, 4.69) is 16.4 Å². The highest BCUT2D eigenvalue weighted by atomic mass is 32.2. The Labute approximate surface area is 116 Å². The fraction of sp³-hybridized carbons (Fsp3) is 0.273. The summed E-state index contributed by atoms with van der Waals surface area (Å²) in [7, 11) is -3.98. The lowest BCUT2D eigenvalue weighted by atomic mass is 10.2. The first kappa shape index (κ1) is 15.1. The first-order valence-corrected chi connectivity index (χ1v) is 8.17. The van der Waals surface area contributed by atoms with Gasteiger partial charge in [0.15, 0.2) is 0 Å². The maximum atomic E-state index is 11.1. The Morgan fingerprint density at radius 3 is 2.61 bits per heavy atom. The molecule has 0 aliphatic heterocycles. The minimum atomic E-state index is -3.98.